The van der Waals surface area contributed by atoms with Crippen LogP contribution in [-0.2, 0) is 6.54 Å². The molecule has 0 saturated carbocycles. The van der Waals surface area contributed by atoms with Gasteiger partial charge in [0, 0.05) is 12.1 Å². The zero-order valence-electron chi connectivity index (χ0n) is 9.87. The second kappa shape index (κ2) is 5.00. The van der Waals surface area contributed by atoms with E-state index in [1.54, 1.807) is 19.1 Å². The van der Waals surface area contributed by atoms with Crippen molar-refractivity contribution >= 4 is 11.5 Å². The minimum absolute atomic E-state index is 0.167. The van der Waals surface area contributed by atoms with E-state index in [0.717, 1.165) is 18.2 Å². The molecule has 2 rings (SSSR count). The third-order valence-corrected chi connectivity index (χ3v) is 2.59. The van der Waals surface area contributed by atoms with Crippen LogP contribution in [0.3, 0.4) is 0 Å². The molecule has 2 aromatic rings. The number of aromatic nitrogens is 1. The highest BCUT2D eigenvalue weighted by Gasteiger charge is 2.04. The van der Waals surface area contributed by atoms with E-state index in [2.05, 4.69) is 10.3 Å². The van der Waals surface area contributed by atoms with Crippen molar-refractivity contribution in [1.29, 1.82) is 0 Å². The van der Waals surface area contributed by atoms with Gasteiger partial charge in [-0.1, -0.05) is 0 Å². The average molecular weight is 249 g/mol. The van der Waals surface area contributed by atoms with Gasteiger partial charge in [0.15, 0.2) is 0 Å². The van der Waals surface area contributed by atoms with Crippen LogP contribution < -0.4 is 11.1 Å². The molecule has 1 aromatic carbocycles. The highest BCUT2D eigenvalue weighted by molar-refractivity contribution is 5.49. The van der Waals surface area contributed by atoms with Gasteiger partial charge in [0.25, 0.3) is 0 Å². The molecule has 1 aromatic heterocycles. The molecule has 94 valence electrons. The molecule has 5 heteroatoms. The summed E-state index contributed by atoms with van der Waals surface area (Å²) in [5, 5.41) is 2.92. The van der Waals surface area contributed by atoms with Gasteiger partial charge in [0.2, 0.25) is 0 Å². The summed E-state index contributed by atoms with van der Waals surface area (Å²) in [6.07, 6.45) is 0. The van der Waals surface area contributed by atoms with Crippen molar-refractivity contribution in [2.24, 2.45) is 0 Å². The summed E-state index contributed by atoms with van der Waals surface area (Å²) < 4.78 is 26.3. The Labute approximate surface area is 104 Å². The van der Waals surface area contributed by atoms with Crippen LogP contribution in [0.15, 0.2) is 30.3 Å². The average Bonchev–Trinajstić information content (AvgIpc) is 2.34. The molecule has 18 heavy (non-hydrogen) atoms. The maximum absolute atomic E-state index is 13.4. The highest BCUT2D eigenvalue weighted by Crippen LogP contribution is 2.14. The molecule has 1 heterocycles. The Morgan fingerprint density at radius 1 is 1.22 bits per heavy atom. The Bertz CT molecular complexity index is 570. The van der Waals surface area contributed by atoms with Gasteiger partial charge in [-0.2, -0.15) is 0 Å². The number of nitrogen functional groups attached to an aromatic ring is 1. The SMILES string of the molecule is Cc1nc(NCc2cc(F)ccc2F)ccc1N. The minimum Gasteiger partial charge on any atom is -0.397 e. The standard InChI is InChI=1S/C13H13F2N3/c1-8-12(16)4-5-13(18-8)17-7-9-6-10(14)2-3-11(9)15/h2-6H,7,16H2,1H3,(H,17,18). The summed E-state index contributed by atoms with van der Waals surface area (Å²) in [4.78, 5) is 4.19. The molecule has 0 atom stereocenters. The van der Waals surface area contributed by atoms with Gasteiger partial charge in [-0.3, -0.25) is 0 Å². The minimum atomic E-state index is -0.463. The quantitative estimate of drug-likeness (QED) is 0.879. The van der Waals surface area contributed by atoms with Gasteiger partial charge in [-0.25, -0.2) is 13.8 Å². The second-order valence-electron chi connectivity index (χ2n) is 3.96. The lowest BCUT2D eigenvalue weighted by Gasteiger charge is -2.08. The smallest absolute Gasteiger partial charge is 0.128 e. The normalized spacial score (nSPS) is 10.4. The first-order valence-electron chi connectivity index (χ1n) is 5.47. The van der Waals surface area contributed by atoms with Gasteiger partial charge in [0.05, 0.1) is 11.4 Å². The zero-order valence-corrected chi connectivity index (χ0v) is 9.87. The molecule has 0 saturated heterocycles. The Kier molecular flexibility index (Phi) is 3.41. The fourth-order valence-electron chi connectivity index (χ4n) is 1.53. The summed E-state index contributed by atoms with van der Waals surface area (Å²) >= 11 is 0. The van der Waals surface area contributed by atoms with E-state index in [-0.39, 0.29) is 12.1 Å². The van der Waals surface area contributed by atoms with Crippen molar-refractivity contribution in [3.05, 3.63) is 53.2 Å². The van der Waals surface area contributed by atoms with Crippen LogP contribution in [-0.4, -0.2) is 4.98 Å². The number of nitrogens with two attached hydrogens (primary N) is 1. The molecule has 3 N–H and O–H groups in total. The molecule has 0 bridgehead atoms. The first-order chi connectivity index (χ1) is 8.56. The molecule has 0 amide bonds. The van der Waals surface area contributed by atoms with Crippen LogP contribution >= 0.6 is 0 Å². The first kappa shape index (κ1) is 12.3. The third-order valence-electron chi connectivity index (χ3n) is 2.59. The number of aryl methyl sites for hydroxylation is 1. The maximum atomic E-state index is 13.4. The Morgan fingerprint density at radius 3 is 2.72 bits per heavy atom. The first-order valence-corrected chi connectivity index (χ1v) is 5.47. The number of nitrogens with one attached hydrogen (secondary N) is 1. The maximum Gasteiger partial charge on any atom is 0.128 e. The van der Waals surface area contributed by atoms with Crippen LogP contribution in [0.25, 0.3) is 0 Å². The predicted molar refractivity (Wildman–Crippen MR) is 67.1 cm³/mol. The molecule has 0 fully saturated rings. The molecule has 0 spiro atoms. The molecule has 0 aliphatic carbocycles. The summed E-state index contributed by atoms with van der Waals surface area (Å²) in [6.45, 7) is 1.95. The molecule has 3 nitrogen and oxygen atoms in total. The molecular formula is C13H13F2N3. The van der Waals surface area contributed by atoms with Crippen molar-refractivity contribution in [3.63, 3.8) is 0 Å². The molecular weight excluding hydrogens is 236 g/mol. The number of benzene rings is 1. The third kappa shape index (κ3) is 2.74. The fourth-order valence-corrected chi connectivity index (χ4v) is 1.53. The largest absolute Gasteiger partial charge is 0.397 e. The van der Waals surface area contributed by atoms with Crippen molar-refractivity contribution < 1.29 is 8.78 Å². The topological polar surface area (TPSA) is 50.9 Å². The van der Waals surface area contributed by atoms with E-state index in [4.69, 9.17) is 5.73 Å². The van der Waals surface area contributed by atoms with Crippen LogP contribution in [0.1, 0.15) is 11.3 Å². The predicted octanol–water partition coefficient (Wildman–Crippen LogP) is 2.86. The lowest BCUT2D eigenvalue weighted by atomic mass is 10.2. The lowest BCUT2D eigenvalue weighted by Crippen LogP contribution is -2.05. The van der Waals surface area contributed by atoms with E-state index in [9.17, 15) is 8.78 Å². The van der Waals surface area contributed by atoms with Gasteiger partial charge in [-0.15, -0.1) is 0 Å². The summed E-state index contributed by atoms with van der Waals surface area (Å²) in [5.41, 5.74) is 7.18. The number of halogens is 2. The Morgan fingerprint density at radius 2 is 2.00 bits per heavy atom. The van der Waals surface area contributed by atoms with Crippen LogP contribution in [0.5, 0.6) is 0 Å². The molecule has 0 unspecified atom stereocenters. The van der Waals surface area contributed by atoms with E-state index in [1.165, 1.54) is 0 Å². The summed E-state index contributed by atoms with van der Waals surface area (Å²) in [5.74, 6) is -0.337. The monoisotopic (exact) mass is 249 g/mol. The van der Waals surface area contributed by atoms with Crippen molar-refractivity contribution in [1.82, 2.24) is 4.98 Å². The number of pyridine rings is 1. The number of hydrogen-bond donors (Lipinski definition) is 2. The molecule has 0 aliphatic rings. The van der Waals surface area contributed by atoms with Gasteiger partial charge in [-0.05, 0) is 37.3 Å². The number of anilines is 2. The van der Waals surface area contributed by atoms with E-state index in [0.29, 0.717) is 17.2 Å². The summed E-state index contributed by atoms with van der Waals surface area (Å²) in [6, 6.07) is 6.76. The Balaban J connectivity index is 2.11. The molecule has 0 aliphatic heterocycles. The fraction of sp³-hybridized carbons (Fsp3) is 0.154. The van der Waals surface area contributed by atoms with Crippen LogP contribution in [0.2, 0.25) is 0 Å². The van der Waals surface area contributed by atoms with Gasteiger partial charge < -0.3 is 11.1 Å². The zero-order chi connectivity index (χ0) is 13.1. The number of hydrogen-bond acceptors (Lipinski definition) is 3. The van der Waals surface area contributed by atoms with Crippen molar-refractivity contribution in [2.75, 3.05) is 11.1 Å². The van der Waals surface area contributed by atoms with Crippen molar-refractivity contribution in [3.8, 4) is 0 Å². The molecule has 0 radical (unpaired) electrons. The van der Waals surface area contributed by atoms with E-state index in [1.807, 2.05) is 0 Å². The second-order valence-corrected chi connectivity index (χ2v) is 3.96. The number of rotatable bonds is 3. The van der Waals surface area contributed by atoms with Crippen molar-refractivity contribution in [2.45, 2.75) is 13.5 Å². The highest BCUT2D eigenvalue weighted by atomic mass is 19.1. The van der Waals surface area contributed by atoms with Crippen LogP contribution in [0, 0.1) is 18.6 Å². The summed E-state index contributed by atoms with van der Waals surface area (Å²) in [7, 11) is 0. The van der Waals surface area contributed by atoms with E-state index < -0.39 is 11.6 Å². The van der Waals surface area contributed by atoms with E-state index >= 15 is 0 Å². The lowest BCUT2D eigenvalue weighted by molar-refractivity contribution is 0.587. The van der Waals surface area contributed by atoms with Crippen LogP contribution in [0.4, 0.5) is 20.3 Å². The van der Waals surface area contributed by atoms with Gasteiger partial charge >= 0.3 is 0 Å². The Hall–Kier alpha value is -2.17. The van der Waals surface area contributed by atoms with Gasteiger partial charge in [0.1, 0.15) is 17.5 Å². The number of nitrogens with zero attached hydrogens (tertiary/aromatic N) is 1.